The van der Waals surface area contributed by atoms with E-state index in [1.807, 2.05) is 4.90 Å². The van der Waals surface area contributed by atoms with E-state index < -0.39 is 4.92 Å². The van der Waals surface area contributed by atoms with E-state index in [0.717, 1.165) is 0 Å². The van der Waals surface area contributed by atoms with Gasteiger partial charge in [0.2, 0.25) is 0 Å². The van der Waals surface area contributed by atoms with Crippen molar-refractivity contribution in [2.45, 2.75) is 13.8 Å². The summed E-state index contributed by atoms with van der Waals surface area (Å²) in [6.45, 7) is 5.96. The van der Waals surface area contributed by atoms with E-state index in [0.29, 0.717) is 31.3 Å². The molecule has 0 atom stereocenters. The summed E-state index contributed by atoms with van der Waals surface area (Å²) in [7, 11) is 1.61. The second-order valence-electron chi connectivity index (χ2n) is 4.80. The third-order valence-corrected chi connectivity index (χ3v) is 2.72. The smallest absolute Gasteiger partial charge is 0.315 e. The SMILES string of the molecule is COCCN(CC(C)C)c1cccc(N)c1[N+](=O)[O-]. The topological polar surface area (TPSA) is 81.6 Å². The van der Waals surface area contributed by atoms with E-state index in [4.69, 9.17) is 10.5 Å². The van der Waals surface area contributed by atoms with Crippen molar-refractivity contribution >= 4 is 17.1 Å². The molecule has 0 aromatic heterocycles. The van der Waals surface area contributed by atoms with Crippen LogP contribution in [0.1, 0.15) is 13.8 Å². The fourth-order valence-corrected chi connectivity index (χ4v) is 1.96. The number of ether oxygens (including phenoxy) is 1. The highest BCUT2D eigenvalue weighted by Gasteiger charge is 2.22. The standard InChI is InChI=1S/C13H21N3O3/c1-10(2)9-15(7-8-19-3)12-6-4-5-11(14)13(12)16(17)18/h4-6,10H,7-9,14H2,1-3H3. The van der Waals surface area contributed by atoms with Crippen molar-refractivity contribution in [1.29, 1.82) is 0 Å². The van der Waals surface area contributed by atoms with Crippen molar-refractivity contribution < 1.29 is 9.66 Å². The molecule has 0 aliphatic heterocycles. The summed E-state index contributed by atoms with van der Waals surface area (Å²) >= 11 is 0. The van der Waals surface area contributed by atoms with Gasteiger partial charge >= 0.3 is 5.69 Å². The van der Waals surface area contributed by atoms with E-state index in [1.54, 1.807) is 25.3 Å². The van der Waals surface area contributed by atoms with Gasteiger partial charge < -0.3 is 15.4 Å². The summed E-state index contributed by atoms with van der Waals surface area (Å²) in [5, 5.41) is 11.2. The Bertz CT molecular complexity index is 435. The molecule has 0 spiro atoms. The van der Waals surface area contributed by atoms with Gasteiger partial charge in [0.25, 0.3) is 0 Å². The number of hydrogen-bond donors (Lipinski definition) is 1. The lowest BCUT2D eigenvalue weighted by Gasteiger charge is -2.26. The number of nitrogens with zero attached hydrogens (tertiary/aromatic N) is 2. The number of anilines is 2. The molecule has 6 heteroatoms. The maximum Gasteiger partial charge on any atom is 0.315 e. The van der Waals surface area contributed by atoms with E-state index >= 15 is 0 Å². The van der Waals surface area contributed by atoms with Crippen molar-refractivity contribution in [2.24, 2.45) is 5.92 Å². The number of nitrogen functional groups attached to an aromatic ring is 1. The summed E-state index contributed by atoms with van der Waals surface area (Å²) in [6, 6.07) is 5.01. The first-order valence-corrected chi connectivity index (χ1v) is 6.24. The van der Waals surface area contributed by atoms with E-state index in [9.17, 15) is 10.1 Å². The summed E-state index contributed by atoms with van der Waals surface area (Å²) < 4.78 is 5.06. The van der Waals surface area contributed by atoms with Gasteiger partial charge in [-0.05, 0) is 18.1 Å². The normalized spacial score (nSPS) is 10.7. The highest BCUT2D eigenvalue weighted by atomic mass is 16.6. The molecule has 0 radical (unpaired) electrons. The first kappa shape index (κ1) is 15.2. The van der Waals surface area contributed by atoms with Crippen LogP contribution in [0.4, 0.5) is 17.1 Å². The Balaban J connectivity index is 3.13. The van der Waals surface area contributed by atoms with Gasteiger partial charge in [0.1, 0.15) is 11.4 Å². The van der Waals surface area contributed by atoms with Crippen LogP contribution in [0.3, 0.4) is 0 Å². The highest BCUT2D eigenvalue weighted by Crippen LogP contribution is 2.33. The molecular weight excluding hydrogens is 246 g/mol. The number of hydrogen-bond acceptors (Lipinski definition) is 5. The zero-order valence-corrected chi connectivity index (χ0v) is 11.6. The molecular formula is C13H21N3O3. The zero-order chi connectivity index (χ0) is 14.4. The Morgan fingerprint density at radius 3 is 2.68 bits per heavy atom. The van der Waals surface area contributed by atoms with Crippen LogP contribution in [0.5, 0.6) is 0 Å². The molecule has 6 nitrogen and oxygen atoms in total. The first-order chi connectivity index (χ1) is 8.97. The average molecular weight is 267 g/mol. The van der Waals surface area contributed by atoms with Crippen molar-refractivity contribution in [1.82, 2.24) is 0 Å². The zero-order valence-electron chi connectivity index (χ0n) is 11.6. The van der Waals surface area contributed by atoms with Crippen LogP contribution in [0.2, 0.25) is 0 Å². The molecule has 0 saturated heterocycles. The summed E-state index contributed by atoms with van der Waals surface area (Å²) in [4.78, 5) is 12.7. The molecule has 1 aromatic carbocycles. The average Bonchev–Trinajstić information content (AvgIpc) is 2.33. The summed E-state index contributed by atoms with van der Waals surface area (Å²) in [6.07, 6.45) is 0. The number of nitrogens with two attached hydrogens (primary N) is 1. The van der Waals surface area contributed by atoms with Gasteiger partial charge in [-0.25, -0.2) is 0 Å². The molecule has 0 unspecified atom stereocenters. The second kappa shape index (κ2) is 6.94. The number of benzene rings is 1. The molecule has 0 aliphatic carbocycles. The van der Waals surface area contributed by atoms with Crippen molar-refractivity contribution in [3.8, 4) is 0 Å². The fourth-order valence-electron chi connectivity index (χ4n) is 1.96. The maximum atomic E-state index is 11.2. The van der Waals surface area contributed by atoms with E-state index in [2.05, 4.69) is 13.8 Å². The Labute approximate surface area is 113 Å². The van der Waals surface area contributed by atoms with Crippen LogP contribution in [0, 0.1) is 16.0 Å². The van der Waals surface area contributed by atoms with Crippen molar-refractivity contribution in [3.63, 3.8) is 0 Å². The molecule has 0 aliphatic rings. The molecule has 2 N–H and O–H groups in total. The lowest BCUT2D eigenvalue weighted by molar-refractivity contribution is -0.383. The minimum absolute atomic E-state index is 0.0285. The Kier molecular flexibility index (Phi) is 5.57. The fraction of sp³-hybridized carbons (Fsp3) is 0.538. The van der Waals surface area contributed by atoms with Crippen LogP contribution in [-0.4, -0.2) is 31.7 Å². The van der Waals surface area contributed by atoms with Crippen LogP contribution in [0.15, 0.2) is 18.2 Å². The quantitative estimate of drug-likeness (QED) is 0.465. The Hall–Kier alpha value is -1.82. The second-order valence-corrected chi connectivity index (χ2v) is 4.80. The number of nitro groups is 1. The van der Waals surface area contributed by atoms with Crippen LogP contribution < -0.4 is 10.6 Å². The largest absolute Gasteiger partial charge is 0.393 e. The van der Waals surface area contributed by atoms with Gasteiger partial charge in [-0.15, -0.1) is 0 Å². The van der Waals surface area contributed by atoms with Gasteiger partial charge in [0.15, 0.2) is 0 Å². The first-order valence-electron chi connectivity index (χ1n) is 6.24. The molecule has 0 amide bonds. The monoisotopic (exact) mass is 267 g/mol. The molecule has 0 fully saturated rings. The molecule has 0 bridgehead atoms. The van der Waals surface area contributed by atoms with Crippen LogP contribution >= 0.6 is 0 Å². The van der Waals surface area contributed by atoms with Gasteiger partial charge in [0, 0.05) is 20.2 Å². The van der Waals surface area contributed by atoms with Gasteiger partial charge in [-0.2, -0.15) is 0 Å². The van der Waals surface area contributed by atoms with Gasteiger partial charge in [-0.3, -0.25) is 10.1 Å². The highest BCUT2D eigenvalue weighted by molar-refractivity contribution is 5.75. The van der Waals surface area contributed by atoms with Gasteiger partial charge in [0.05, 0.1) is 11.5 Å². The minimum atomic E-state index is -0.426. The molecule has 19 heavy (non-hydrogen) atoms. The summed E-state index contributed by atoms with van der Waals surface area (Å²) in [5.41, 5.74) is 6.43. The Morgan fingerprint density at radius 2 is 2.16 bits per heavy atom. The third kappa shape index (κ3) is 4.10. The number of para-hydroxylation sites is 1. The van der Waals surface area contributed by atoms with Crippen molar-refractivity contribution in [2.75, 3.05) is 37.4 Å². The summed E-state index contributed by atoms with van der Waals surface area (Å²) in [5.74, 6) is 0.387. The van der Waals surface area contributed by atoms with E-state index in [-0.39, 0.29) is 11.4 Å². The lowest BCUT2D eigenvalue weighted by atomic mass is 10.1. The van der Waals surface area contributed by atoms with Crippen molar-refractivity contribution in [3.05, 3.63) is 28.3 Å². The third-order valence-electron chi connectivity index (χ3n) is 2.72. The molecule has 106 valence electrons. The predicted molar refractivity (Wildman–Crippen MR) is 76.4 cm³/mol. The molecule has 1 rings (SSSR count). The molecule has 0 saturated carbocycles. The maximum absolute atomic E-state index is 11.2. The molecule has 1 aromatic rings. The number of rotatable bonds is 7. The van der Waals surface area contributed by atoms with Crippen LogP contribution in [-0.2, 0) is 4.74 Å². The molecule has 0 heterocycles. The Morgan fingerprint density at radius 1 is 1.47 bits per heavy atom. The van der Waals surface area contributed by atoms with Gasteiger partial charge in [-0.1, -0.05) is 19.9 Å². The van der Waals surface area contributed by atoms with E-state index in [1.165, 1.54) is 0 Å². The number of nitro benzene ring substituents is 1. The predicted octanol–water partition coefficient (Wildman–Crippen LogP) is 2.29. The minimum Gasteiger partial charge on any atom is -0.393 e. The van der Waals surface area contributed by atoms with Crippen LogP contribution in [0.25, 0.3) is 0 Å². The number of methoxy groups -OCH3 is 1. The lowest BCUT2D eigenvalue weighted by Crippen LogP contribution is -2.31.